The van der Waals surface area contributed by atoms with Gasteiger partial charge in [0, 0.05) is 7.05 Å². The third-order valence-corrected chi connectivity index (χ3v) is 2.60. The number of urea groups is 1. The normalized spacial score (nSPS) is 18.5. The summed E-state index contributed by atoms with van der Waals surface area (Å²) in [5.74, 6) is -2.77. The van der Waals surface area contributed by atoms with Crippen LogP contribution in [0.25, 0.3) is 0 Å². The topological polar surface area (TPSA) is 127 Å². The molecular weight excluding hydrogens is 258 g/mol. The molecule has 0 aromatic carbocycles. The Balaban J connectivity index is 2.63. The molecule has 0 bridgehead atoms. The largest absolute Gasteiger partial charge is 0.480 e. The number of nitrogens with one attached hydrogen (secondary N) is 1. The van der Waals surface area contributed by atoms with Gasteiger partial charge in [-0.05, 0) is 6.92 Å². The fourth-order valence-corrected chi connectivity index (χ4v) is 1.58. The van der Waals surface area contributed by atoms with Crippen LogP contribution in [-0.2, 0) is 14.4 Å². The van der Waals surface area contributed by atoms with E-state index in [9.17, 15) is 24.3 Å². The van der Waals surface area contributed by atoms with Crippen molar-refractivity contribution in [2.24, 2.45) is 0 Å². The minimum atomic E-state index is -1.49. The van der Waals surface area contributed by atoms with E-state index < -0.39 is 42.5 Å². The van der Waals surface area contributed by atoms with Crippen molar-refractivity contribution < 1.29 is 29.4 Å². The van der Waals surface area contributed by atoms with Crippen molar-refractivity contribution in [3.05, 3.63) is 0 Å². The average Bonchev–Trinajstić information content (AvgIpc) is 2.52. The number of likely N-dealkylation sites (N-methyl/N-ethyl adjacent to an activating group) is 1. The first kappa shape index (κ1) is 14.9. The first-order valence-electron chi connectivity index (χ1n) is 5.49. The highest BCUT2D eigenvalue weighted by Crippen LogP contribution is 2.07. The first-order chi connectivity index (χ1) is 8.73. The van der Waals surface area contributed by atoms with E-state index in [-0.39, 0.29) is 6.54 Å². The molecule has 0 aliphatic carbocycles. The van der Waals surface area contributed by atoms with E-state index in [1.807, 2.05) is 5.32 Å². The summed E-state index contributed by atoms with van der Waals surface area (Å²) in [5.41, 5.74) is 0. The number of rotatable bonds is 5. The predicted molar refractivity (Wildman–Crippen MR) is 61.0 cm³/mol. The van der Waals surface area contributed by atoms with Crippen molar-refractivity contribution in [2.45, 2.75) is 19.1 Å². The summed E-state index contributed by atoms with van der Waals surface area (Å²) in [6, 6.07) is -2.11. The Morgan fingerprint density at radius 3 is 2.37 bits per heavy atom. The molecular formula is C10H15N3O6. The van der Waals surface area contributed by atoms with E-state index in [1.165, 1.54) is 14.0 Å². The molecule has 9 heteroatoms. The van der Waals surface area contributed by atoms with Crippen LogP contribution in [0.3, 0.4) is 0 Å². The van der Waals surface area contributed by atoms with Gasteiger partial charge in [0.1, 0.15) is 13.1 Å². The van der Waals surface area contributed by atoms with Crippen LogP contribution in [-0.4, -0.2) is 76.1 Å². The smallest absolute Gasteiger partial charge is 0.328 e. The zero-order chi connectivity index (χ0) is 14.7. The van der Waals surface area contributed by atoms with Crippen molar-refractivity contribution in [2.75, 3.05) is 20.1 Å². The van der Waals surface area contributed by atoms with Crippen LogP contribution < -0.4 is 5.32 Å². The van der Waals surface area contributed by atoms with Gasteiger partial charge >= 0.3 is 12.0 Å². The number of carboxylic acids is 1. The Hall–Kier alpha value is -2.16. The summed E-state index contributed by atoms with van der Waals surface area (Å²) in [4.78, 5) is 47.1. The van der Waals surface area contributed by atoms with E-state index >= 15 is 0 Å². The van der Waals surface area contributed by atoms with E-state index in [1.54, 1.807) is 0 Å². The van der Waals surface area contributed by atoms with Crippen molar-refractivity contribution in [3.63, 3.8) is 0 Å². The highest BCUT2D eigenvalue weighted by atomic mass is 16.4. The molecule has 0 spiro atoms. The van der Waals surface area contributed by atoms with Gasteiger partial charge in [-0.1, -0.05) is 0 Å². The van der Waals surface area contributed by atoms with Crippen LogP contribution in [0.1, 0.15) is 6.92 Å². The summed E-state index contributed by atoms with van der Waals surface area (Å²) in [6.07, 6.45) is -1.30. The summed E-state index contributed by atoms with van der Waals surface area (Å²) >= 11 is 0. The number of nitrogens with zero attached hydrogens (tertiary/aromatic N) is 2. The lowest BCUT2D eigenvalue weighted by atomic mass is 10.2. The van der Waals surface area contributed by atoms with E-state index in [4.69, 9.17) is 5.11 Å². The number of carbonyl (C=O) groups excluding carboxylic acids is 3. The van der Waals surface area contributed by atoms with Gasteiger partial charge < -0.3 is 20.4 Å². The molecule has 1 rings (SSSR count). The molecule has 0 radical (unpaired) electrons. The monoisotopic (exact) mass is 273 g/mol. The molecule has 2 unspecified atom stereocenters. The third kappa shape index (κ3) is 3.41. The quantitative estimate of drug-likeness (QED) is 0.489. The fourth-order valence-electron chi connectivity index (χ4n) is 1.58. The number of hydrogen-bond acceptors (Lipinski definition) is 5. The lowest BCUT2D eigenvalue weighted by Crippen LogP contribution is -2.51. The lowest BCUT2D eigenvalue weighted by Gasteiger charge is -2.19. The van der Waals surface area contributed by atoms with Gasteiger partial charge in [-0.2, -0.15) is 0 Å². The van der Waals surface area contributed by atoms with Crippen molar-refractivity contribution in [1.82, 2.24) is 15.1 Å². The molecule has 0 aromatic heterocycles. The molecule has 1 aliphatic heterocycles. The molecule has 1 heterocycles. The maximum Gasteiger partial charge on any atom is 0.328 e. The van der Waals surface area contributed by atoms with Crippen molar-refractivity contribution >= 4 is 23.8 Å². The minimum absolute atomic E-state index is 0.120. The van der Waals surface area contributed by atoms with E-state index in [0.717, 1.165) is 9.80 Å². The van der Waals surface area contributed by atoms with Gasteiger partial charge in [-0.15, -0.1) is 0 Å². The SMILES string of the molecule is CC(O)C(NC(=O)CN1C(=O)CN(C)C1=O)C(=O)O. The third-order valence-electron chi connectivity index (χ3n) is 2.60. The molecule has 19 heavy (non-hydrogen) atoms. The number of aliphatic carboxylic acids is 1. The second-order valence-electron chi connectivity index (χ2n) is 4.24. The highest BCUT2D eigenvalue weighted by molar-refractivity contribution is 6.04. The maximum atomic E-state index is 11.6. The molecule has 1 fully saturated rings. The van der Waals surface area contributed by atoms with Crippen LogP contribution in [0.5, 0.6) is 0 Å². The van der Waals surface area contributed by atoms with Gasteiger partial charge in [0.25, 0.3) is 5.91 Å². The number of hydrogen-bond donors (Lipinski definition) is 3. The fraction of sp³-hybridized carbons (Fsp3) is 0.600. The van der Waals surface area contributed by atoms with Crippen molar-refractivity contribution in [3.8, 4) is 0 Å². The summed E-state index contributed by atoms with van der Waals surface area (Å²) in [7, 11) is 1.41. The van der Waals surface area contributed by atoms with Crippen LogP contribution in [0.4, 0.5) is 4.79 Å². The lowest BCUT2D eigenvalue weighted by molar-refractivity contribution is -0.145. The van der Waals surface area contributed by atoms with Crippen LogP contribution in [0, 0.1) is 0 Å². The molecule has 0 saturated carbocycles. The molecule has 3 N–H and O–H groups in total. The van der Waals surface area contributed by atoms with Crippen LogP contribution in [0.15, 0.2) is 0 Å². The number of imide groups is 1. The molecule has 106 valence electrons. The van der Waals surface area contributed by atoms with E-state index in [0.29, 0.717) is 0 Å². The van der Waals surface area contributed by atoms with Crippen molar-refractivity contribution in [1.29, 1.82) is 0 Å². The summed E-state index contributed by atoms with van der Waals surface area (Å²) in [5, 5.41) is 20.0. The second kappa shape index (κ2) is 5.65. The van der Waals surface area contributed by atoms with Crippen LogP contribution >= 0.6 is 0 Å². The second-order valence-corrected chi connectivity index (χ2v) is 4.24. The number of carboxylic acid groups (broad SMARTS) is 1. The maximum absolute atomic E-state index is 11.6. The molecule has 4 amide bonds. The molecule has 1 aliphatic rings. The number of aliphatic hydroxyl groups excluding tert-OH is 1. The Kier molecular flexibility index (Phi) is 4.43. The van der Waals surface area contributed by atoms with Gasteiger partial charge in [-0.25, -0.2) is 9.59 Å². The Morgan fingerprint density at radius 1 is 1.42 bits per heavy atom. The standard InChI is InChI=1S/C10H15N3O6/c1-5(14)8(9(17)18)11-6(15)3-13-7(16)4-12(2)10(13)19/h5,8,14H,3-4H2,1-2H3,(H,11,15)(H,17,18). The first-order valence-corrected chi connectivity index (χ1v) is 5.49. The van der Waals surface area contributed by atoms with Crippen LogP contribution in [0.2, 0.25) is 0 Å². The zero-order valence-electron chi connectivity index (χ0n) is 10.5. The number of carbonyl (C=O) groups is 4. The zero-order valence-corrected chi connectivity index (χ0v) is 10.5. The molecule has 2 atom stereocenters. The minimum Gasteiger partial charge on any atom is -0.480 e. The summed E-state index contributed by atoms with van der Waals surface area (Å²) < 4.78 is 0. The van der Waals surface area contributed by atoms with E-state index in [2.05, 4.69) is 0 Å². The Labute approximate surface area is 108 Å². The Bertz CT molecular complexity index is 421. The molecule has 0 aromatic rings. The molecule has 1 saturated heterocycles. The van der Waals surface area contributed by atoms with Gasteiger partial charge in [0.05, 0.1) is 6.10 Å². The molecule has 9 nitrogen and oxygen atoms in total. The summed E-state index contributed by atoms with van der Waals surface area (Å²) in [6.45, 7) is 0.516. The average molecular weight is 273 g/mol. The van der Waals surface area contributed by atoms with Gasteiger partial charge in [0.15, 0.2) is 6.04 Å². The highest BCUT2D eigenvalue weighted by Gasteiger charge is 2.35. The van der Waals surface area contributed by atoms with Gasteiger partial charge in [-0.3, -0.25) is 14.5 Å². The Morgan fingerprint density at radius 2 is 2.00 bits per heavy atom. The number of amides is 4. The van der Waals surface area contributed by atoms with Gasteiger partial charge in [0.2, 0.25) is 5.91 Å². The number of aliphatic hydroxyl groups is 1. The predicted octanol–water partition coefficient (Wildman–Crippen LogP) is -2.17.